The van der Waals surface area contributed by atoms with E-state index in [1.807, 2.05) is 26.0 Å². The van der Waals surface area contributed by atoms with Gasteiger partial charge in [0.2, 0.25) is 5.91 Å². The van der Waals surface area contributed by atoms with Crippen molar-refractivity contribution >= 4 is 23.5 Å². The van der Waals surface area contributed by atoms with Gasteiger partial charge in [-0.05, 0) is 69.9 Å². The number of amides is 1. The number of carbonyl (C=O) groups is 1. The molecule has 1 saturated heterocycles. The lowest BCUT2D eigenvalue weighted by Gasteiger charge is -2.32. The molecule has 3 rings (SSSR count). The van der Waals surface area contributed by atoms with Gasteiger partial charge in [-0.3, -0.25) is 4.79 Å². The fourth-order valence-electron chi connectivity index (χ4n) is 3.24. The van der Waals surface area contributed by atoms with Crippen LogP contribution < -0.4 is 10.2 Å². The Morgan fingerprint density at radius 2 is 1.89 bits per heavy atom. The number of piperidine rings is 1. The number of benzene rings is 1. The Morgan fingerprint density at radius 3 is 2.52 bits per heavy atom. The van der Waals surface area contributed by atoms with E-state index in [9.17, 15) is 4.79 Å². The van der Waals surface area contributed by atoms with Crippen molar-refractivity contribution in [2.75, 3.05) is 18.0 Å². The van der Waals surface area contributed by atoms with E-state index in [0.29, 0.717) is 0 Å². The molecule has 0 bridgehead atoms. The van der Waals surface area contributed by atoms with Gasteiger partial charge in [-0.15, -0.1) is 10.2 Å². The molecule has 27 heavy (non-hydrogen) atoms. The maximum Gasteiger partial charge on any atom is 0.223 e. The standard InChI is InChI=1S/C21H28N4OS/c1-14(2)22-21(26)17-9-11-25(12-10-17)19-7-8-20(24-23-19)27-18-13-15(3)5-6-16(18)4/h5-8,13-14,17H,9-12H2,1-4H3,(H,22,26). The highest BCUT2D eigenvalue weighted by Crippen LogP contribution is 2.30. The number of hydrogen-bond acceptors (Lipinski definition) is 5. The molecule has 0 atom stereocenters. The molecule has 1 aromatic heterocycles. The minimum atomic E-state index is 0.107. The van der Waals surface area contributed by atoms with Crippen molar-refractivity contribution in [3.8, 4) is 0 Å². The summed E-state index contributed by atoms with van der Waals surface area (Å²) >= 11 is 1.65. The number of aromatic nitrogens is 2. The van der Waals surface area contributed by atoms with E-state index < -0.39 is 0 Å². The van der Waals surface area contributed by atoms with Crippen molar-refractivity contribution in [3.63, 3.8) is 0 Å². The zero-order valence-electron chi connectivity index (χ0n) is 16.5. The smallest absolute Gasteiger partial charge is 0.223 e. The van der Waals surface area contributed by atoms with Crippen molar-refractivity contribution in [2.45, 2.75) is 56.5 Å². The van der Waals surface area contributed by atoms with E-state index in [0.717, 1.165) is 36.8 Å². The summed E-state index contributed by atoms with van der Waals surface area (Å²) in [4.78, 5) is 15.6. The molecule has 144 valence electrons. The summed E-state index contributed by atoms with van der Waals surface area (Å²) < 4.78 is 0. The van der Waals surface area contributed by atoms with Crippen LogP contribution in [0.1, 0.15) is 37.8 Å². The Balaban J connectivity index is 1.58. The van der Waals surface area contributed by atoms with Crippen LogP contribution in [0.15, 0.2) is 40.3 Å². The van der Waals surface area contributed by atoms with Crippen LogP contribution in [0.5, 0.6) is 0 Å². The Bertz CT molecular complexity index is 783. The Hall–Kier alpha value is -2.08. The summed E-state index contributed by atoms with van der Waals surface area (Å²) in [5, 5.41) is 12.7. The monoisotopic (exact) mass is 384 g/mol. The molecule has 1 aliphatic heterocycles. The molecule has 1 aromatic carbocycles. The molecule has 6 heteroatoms. The molecular weight excluding hydrogens is 356 g/mol. The van der Waals surface area contributed by atoms with Gasteiger partial charge in [-0.25, -0.2) is 0 Å². The highest BCUT2D eigenvalue weighted by molar-refractivity contribution is 7.99. The molecule has 1 N–H and O–H groups in total. The highest BCUT2D eigenvalue weighted by Gasteiger charge is 2.26. The van der Waals surface area contributed by atoms with Crippen molar-refractivity contribution in [2.24, 2.45) is 5.92 Å². The first kappa shape index (κ1) is 19.7. The number of anilines is 1. The van der Waals surface area contributed by atoms with Gasteiger partial charge < -0.3 is 10.2 Å². The second-order valence-electron chi connectivity index (χ2n) is 7.53. The largest absolute Gasteiger partial charge is 0.355 e. The van der Waals surface area contributed by atoms with E-state index in [2.05, 4.69) is 52.5 Å². The molecule has 0 aliphatic carbocycles. The summed E-state index contributed by atoms with van der Waals surface area (Å²) in [5.74, 6) is 1.18. The lowest BCUT2D eigenvalue weighted by molar-refractivity contribution is -0.126. The summed E-state index contributed by atoms with van der Waals surface area (Å²) in [5.41, 5.74) is 2.50. The number of carbonyl (C=O) groups excluding carboxylic acids is 1. The third-order valence-electron chi connectivity index (χ3n) is 4.80. The fraction of sp³-hybridized carbons (Fsp3) is 0.476. The Kier molecular flexibility index (Phi) is 6.37. The van der Waals surface area contributed by atoms with Crippen molar-refractivity contribution in [1.29, 1.82) is 0 Å². The molecule has 0 unspecified atom stereocenters. The van der Waals surface area contributed by atoms with E-state index in [1.165, 1.54) is 16.0 Å². The number of rotatable bonds is 5. The first-order chi connectivity index (χ1) is 12.9. The van der Waals surface area contributed by atoms with Crippen LogP contribution in [0.25, 0.3) is 0 Å². The van der Waals surface area contributed by atoms with E-state index >= 15 is 0 Å². The van der Waals surface area contributed by atoms with Crippen molar-refractivity contribution in [1.82, 2.24) is 15.5 Å². The molecule has 0 spiro atoms. The van der Waals surface area contributed by atoms with Gasteiger partial charge in [0.1, 0.15) is 5.03 Å². The molecule has 0 saturated carbocycles. The predicted octanol–water partition coefficient (Wildman–Crippen LogP) is 3.99. The number of nitrogens with zero attached hydrogens (tertiary/aromatic N) is 3. The molecule has 0 radical (unpaired) electrons. The maximum absolute atomic E-state index is 12.2. The van der Waals surface area contributed by atoms with Crippen LogP contribution in [0.2, 0.25) is 0 Å². The van der Waals surface area contributed by atoms with Crippen LogP contribution in [0.3, 0.4) is 0 Å². The lowest BCUT2D eigenvalue weighted by atomic mass is 9.95. The molecule has 1 fully saturated rings. The normalized spacial score (nSPS) is 15.2. The summed E-state index contributed by atoms with van der Waals surface area (Å²) in [6.45, 7) is 9.90. The number of hydrogen-bond donors (Lipinski definition) is 1. The van der Waals surface area contributed by atoms with Gasteiger partial charge in [0.25, 0.3) is 0 Å². The van der Waals surface area contributed by atoms with Gasteiger partial charge in [-0.1, -0.05) is 23.9 Å². The van der Waals surface area contributed by atoms with Gasteiger partial charge in [0.15, 0.2) is 5.82 Å². The third-order valence-corrected chi connectivity index (χ3v) is 5.89. The molecule has 2 aromatic rings. The van der Waals surface area contributed by atoms with Gasteiger partial charge in [0, 0.05) is 29.9 Å². The number of nitrogens with one attached hydrogen (secondary N) is 1. The van der Waals surface area contributed by atoms with E-state index in [-0.39, 0.29) is 17.9 Å². The van der Waals surface area contributed by atoms with Crippen LogP contribution in [-0.4, -0.2) is 35.2 Å². The van der Waals surface area contributed by atoms with Crippen LogP contribution in [0.4, 0.5) is 5.82 Å². The quantitative estimate of drug-likeness (QED) is 0.845. The minimum absolute atomic E-state index is 0.107. The zero-order chi connectivity index (χ0) is 19.4. The van der Waals surface area contributed by atoms with Crippen LogP contribution >= 0.6 is 11.8 Å². The SMILES string of the molecule is Cc1ccc(C)c(Sc2ccc(N3CCC(C(=O)NC(C)C)CC3)nn2)c1. The molecule has 5 nitrogen and oxygen atoms in total. The molecule has 2 heterocycles. The first-order valence-corrected chi connectivity index (χ1v) is 10.4. The lowest BCUT2D eigenvalue weighted by Crippen LogP contribution is -2.42. The van der Waals surface area contributed by atoms with E-state index in [1.54, 1.807) is 11.8 Å². The topological polar surface area (TPSA) is 58.1 Å². The van der Waals surface area contributed by atoms with Gasteiger partial charge in [-0.2, -0.15) is 0 Å². The van der Waals surface area contributed by atoms with Crippen LogP contribution in [0, 0.1) is 19.8 Å². The van der Waals surface area contributed by atoms with Crippen LogP contribution in [-0.2, 0) is 4.79 Å². The minimum Gasteiger partial charge on any atom is -0.355 e. The Morgan fingerprint density at radius 1 is 1.15 bits per heavy atom. The summed E-state index contributed by atoms with van der Waals surface area (Å²) in [6, 6.07) is 10.7. The second kappa shape index (κ2) is 8.74. The van der Waals surface area contributed by atoms with Gasteiger partial charge in [0.05, 0.1) is 0 Å². The number of aryl methyl sites for hydroxylation is 2. The Labute approximate surface area is 165 Å². The molecule has 1 amide bonds. The molecular formula is C21H28N4OS. The van der Waals surface area contributed by atoms with Crippen molar-refractivity contribution in [3.05, 3.63) is 41.5 Å². The maximum atomic E-state index is 12.2. The summed E-state index contributed by atoms with van der Waals surface area (Å²) in [7, 11) is 0. The average Bonchev–Trinajstić information content (AvgIpc) is 2.65. The zero-order valence-corrected chi connectivity index (χ0v) is 17.3. The second-order valence-corrected chi connectivity index (χ2v) is 8.59. The fourth-order valence-corrected chi connectivity index (χ4v) is 4.16. The highest BCUT2D eigenvalue weighted by atomic mass is 32.2. The first-order valence-electron chi connectivity index (χ1n) is 9.56. The van der Waals surface area contributed by atoms with Crippen molar-refractivity contribution < 1.29 is 4.79 Å². The molecule has 1 aliphatic rings. The third kappa shape index (κ3) is 5.22. The average molecular weight is 385 g/mol. The van der Waals surface area contributed by atoms with Gasteiger partial charge >= 0.3 is 0 Å². The summed E-state index contributed by atoms with van der Waals surface area (Å²) in [6.07, 6.45) is 1.72. The predicted molar refractivity (Wildman–Crippen MR) is 110 cm³/mol. The van der Waals surface area contributed by atoms with E-state index in [4.69, 9.17) is 0 Å².